The predicted molar refractivity (Wildman–Crippen MR) is 109 cm³/mol. The van der Waals surface area contributed by atoms with Gasteiger partial charge >= 0.3 is 0 Å². The van der Waals surface area contributed by atoms with E-state index in [2.05, 4.69) is 33.8 Å². The van der Waals surface area contributed by atoms with E-state index >= 15 is 0 Å². The standard InChI is InChI=1S/C21H26N6O/c1-13-6-5-7-16(12-13)23-21-19-18(8-10-22-20(19)15(3)28)27(25-21)14(2)17-9-11-26(4)24-17/h5-12,14,18-20,22H,1-4H3,(H,23,25)/t14-,18?,19?,20?/m0/s1. The van der Waals surface area contributed by atoms with Gasteiger partial charge in [-0.2, -0.15) is 5.10 Å². The molecular formula is C21H26N6O. The van der Waals surface area contributed by atoms with Gasteiger partial charge in [-0.3, -0.25) is 9.48 Å². The number of aromatic nitrogens is 2. The molecule has 0 saturated carbocycles. The van der Waals surface area contributed by atoms with Crippen molar-refractivity contribution in [2.75, 3.05) is 0 Å². The predicted octanol–water partition coefficient (Wildman–Crippen LogP) is 2.40. The van der Waals surface area contributed by atoms with Gasteiger partial charge in [0.1, 0.15) is 5.84 Å². The number of Topliss-reactive ketones (excluding diaryl/α,β-unsaturated/α-hetero) is 1. The van der Waals surface area contributed by atoms with Crippen LogP contribution in [0.3, 0.4) is 0 Å². The summed E-state index contributed by atoms with van der Waals surface area (Å²) < 4.78 is 1.80. The first-order valence-corrected chi connectivity index (χ1v) is 9.57. The van der Waals surface area contributed by atoms with Crippen molar-refractivity contribution in [2.45, 2.75) is 38.9 Å². The Morgan fingerprint density at radius 3 is 2.82 bits per heavy atom. The van der Waals surface area contributed by atoms with E-state index in [1.165, 1.54) is 0 Å². The number of hydrogen-bond donors (Lipinski definition) is 2. The van der Waals surface area contributed by atoms with E-state index in [0.29, 0.717) is 0 Å². The van der Waals surface area contributed by atoms with E-state index in [4.69, 9.17) is 4.99 Å². The first kappa shape index (κ1) is 18.4. The fraction of sp³-hybridized carbons (Fsp3) is 0.381. The molecule has 4 rings (SSSR count). The van der Waals surface area contributed by atoms with Crippen LogP contribution in [0.5, 0.6) is 0 Å². The molecule has 0 radical (unpaired) electrons. The number of nitrogens with zero attached hydrogens (tertiary/aromatic N) is 4. The van der Waals surface area contributed by atoms with Gasteiger partial charge < -0.3 is 10.7 Å². The number of aliphatic imine (C=N–C) groups is 1. The minimum absolute atomic E-state index is 0.00992. The first-order valence-electron chi connectivity index (χ1n) is 9.57. The highest BCUT2D eigenvalue weighted by molar-refractivity contribution is 5.96. The van der Waals surface area contributed by atoms with E-state index in [9.17, 15) is 4.79 Å². The Bertz CT molecular complexity index is 946. The molecule has 2 aromatic rings. The Balaban J connectivity index is 1.73. The molecule has 2 N–H and O–H groups in total. The second-order valence-corrected chi connectivity index (χ2v) is 7.58. The largest absolute Gasteiger partial charge is 0.381 e. The quantitative estimate of drug-likeness (QED) is 0.855. The van der Waals surface area contributed by atoms with Crippen molar-refractivity contribution in [3.8, 4) is 0 Å². The minimum atomic E-state index is -0.313. The molecule has 7 nitrogen and oxygen atoms in total. The van der Waals surface area contributed by atoms with Crippen LogP contribution in [0.4, 0.5) is 5.69 Å². The lowest BCUT2D eigenvalue weighted by Crippen LogP contribution is -2.49. The number of benzene rings is 1. The lowest BCUT2D eigenvalue weighted by atomic mass is 9.86. The van der Waals surface area contributed by atoms with Crippen molar-refractivity contribution < 1.29 is 4.79 Å². The smallest absolute Gasteiger partial charge is 0.152 e. The second-order valence-electron chi connectivity index (χ2n) is 7.58. The monoisotopic (exact) mass is 378 g/mol. The topological polar surface area (TPSA) is 74.6 Å². The number of carbonyl (C=O) groups is 1. The molecule has 2 aliphatic rings. The van der Waals surface area contributed by atoms with Gasteiger partial charge in [-0.15, -0.1) is 0 Å². The maximum Gasteiger partial charge on any atom is 0.152 e. The number of carbonyl (C=O) groups excluding carboxylic acids is 1. The zero-order valence-electron chi connectivity index (χ0n) is 16.6. The number of rotatable bonds is 4. The Hall–Kier alpha value is -2.93. The van der Waals surface area contributed by atoms with E-state index < -0.39 is 0 Å². The summed E-state index contributed by atoms with van der Waals surface area (Å²) in [4.78, 5) is 17.2. The highest BCUT2D eigenvalue weighted by Gasteiger charge is 2.47. The van der Waals surface area contributed by atoms with E-state index in [1.54, 1.807) is 11.6 Å². The van der Waals surface area contributed by atoms with Gasteiger partial charge in [0, 0.05) is 13.2 Å². The molecule has 0 amide bonds. The highest BCUT2D eigenvalue weighted by atomic mass is 16.1. The number of hydrogen-bond acceptors (Lipinski definition) is 5. The van der Waals surface area contributed by atoms with Crippen molar-refractivity contribution in [2.24, 2.45) is 18.0 Å². The van der Waals surface area contributed by atoms with Crippen LogP contribution in [0.1, 0.15) is 31.1 Å². The van der Waals surface area contributed by atoms with Gasteiger partial charge in [-0.25, -0.2) is 10.0 Å². The molecule has 0 aliphatic carbocycles. The lowest BCUT2D eigenvalue weighted by Gasteiger charge is -2.33. The molecule has 4 atom stereocenters. The summed E-state index contributed by atoms with van der Waals surface area (Å²) in [6.45, 7) is 5.79. The molecule has 0 bridgehead atoms. The number of nitrogens with one attached hydrogen (secondary N) is 2. The van der Waals surface area contributed by atoms with Gasteiger partial charge in [0.05, 0.1) is 35.4 Å². The third kappa shape index (κ3) is 3.33. The van der Waals surface area contributed by atoms with Crippen molar-refractivity contribution in [3.63, 3.8) is 0 Å². The molecule has 1 saturated heterocycles. The third-order valence-corrected chi connectivity index (χ3v) is 5.45. The van der Waals surface area contributed by atoms with Gasteiger partial charge in [0.2, 0.25) is 0 Å². The van der Waals surface area contributed by atoms with E-state index in [0.717, 1.165) is 22.8 Å². The van der Waals surface area contributed by atoms with Crippen molar-refractivity contribution in [3.05, 3.63) is 60.1 Å². The van der Waals surface area contributed by atoms with Crippen LogP contribution < -0.4 is 10.7 Å². The van der Waals surface area contributed by atoms with Crippen molar-refractivity contribution in [1.82, 2.24) is 25.5 Å². The Labute approximate surface area is 165 Å². The summed E-state index contributed by atoms with van der Waals surface area (Å²) in [5.41, 5.74) is 6.49. The minimum Gasteiger partial charge on any atom is -0.381 e. The Morgan fingerprint density at radius 1 is 1.32 bits per heavy atom. The summed E-state index contributed by atoms with van der Waals surface area (Å²) >= 11 is 0. The summed E-state index contributed by atoms with van der Waals surface area (Å²) in [7, 11) is 1.91. The Morgan fingerprint density at radius 2 is 2.14 bits per heavy atom. The molecule has 28 heavy (non-hydrogen) atoms. The zero-order valence-corrected chi connectivity index (χ0v) is 16.6. The lowest BCUT2D eigenvalue weighted by molar-refractivity contribution is -0.119. The summed E-state index contributed by atoms with van der Waals surface area (Å²) in [6.07, 6.45) is 5.91. The summed E-state index contributed by atoms with van der Waals surface area (Å²) in [5.74, 6) is 0.815. The SMILES string of the molecule is CC(=O)C1NC=CC2C1C(=Nc1cccc(C)c1)NN2[C@@H](C)c1ccn(C)n1. The van der Waals surface area contributed by atoms with Crippen LogP contribution in [-0.4, -0.2) is 38.5 Å². The molecular weight excluding hydrogens is 352 g/mol. The second kappa shape index (κ2) is 7.24. The molecule has 1 aromatic carbocycles. The average Bonchev–Trinajstić information content (AvgIpc) is 3.25. The third-order valence-electron chi connectivity index (χ3n) is 5.45. The van der Waals surface area contributed by atoms with E-state index in [1.807, 2.05) is 56.7 Å². The maximum atomic E-state index is 12.3. The fourth-order valence-corrected chi connectivity index (χ4v) is 4.00. The van der Waals surface area contributed by atoms with Gasteiger partial charge in [0.15, 0.2) is 5.78 Å². The molecule has 0 spiro atoms. The highest BCUT2D eigenvalue weighted by Crippen LogP contribution is 2.33. The Kier molecular flexibility index (Phi) is 4.77. The van der Waals surface area contributed by atoms with Crippen LogP contribution in [0.15, 0.2) is 53.8 Å². The number of ketones is 1. The molecule has 2 aliphatic heterocycles. The van der Waals surface area contributed by atoms with Gasteiger partial charge in [0.25, 0.3) is 0 Å². The average molecular weight is 378 g/mol. The van der Waals surface area contributed by atoms with Crippen molar-refractivity contribution >= 4 is 17.3 Å². The normalized spacial score (nSPS) is 26.6. The van der Waals surface area contributed by atoms with Crippen LogP contribution in [0.25, 0.3) is 0 Å². The first-order chi connectivity index (χ1) is 13.4. The van der Waals surface area contributed by atoms with Crippen LogP contribution in [0.2, 0.25) is 0 Å². The van der Waals surface area contributed by atoms with E-state index in [-0.39, 0.29) is 29.8 Å². The molecule has 1 aromatic heterocycles. The number of aryl methyl sites for hydroxylation is 2. The van der Waals surface area contributed by atoms with Crippen molar-refractivity contribution in [1.29, 1.82) is 0 Å². The molecule has 7 heteroatoms. The zero-order chi connectivity index (χ0) is 19.8. The molecule has 146 valence electrons. The van der Waals surface area contributed by atoms with Gasteiger partial charge in [-0.1, -0.05) is 12.1 Å². The van der Waals surface area contributed by atoms with Crippen LogP contribution in [-0.2, 0) is 11.8 Å². The summed E-state index contributed by atoms with van der Waals surface area (Å²) in [5, 5.41) is 9.93. The number of hydrazine groups is 1. The maximum absolute atomic E-state index is 12.3. The molecule has 3 heterocycles. The van der Waals surface area contributed by atoms with Gasteiger partial charge in [-0.05, 0) is 56.8 Å². The number of fused-ring (bicyclic) bond motifs is 1. The fourth-order valence-electron chi connectivity index (χ4n) is 4.00. The molecule has 3 unspecified atom stereocenters. The van der Waals surface area contributed by atoms with Crippen LogP contribution >= 0.6 is 0 Å². The summed E-state index contributed by atoms with van der Waals surface area (Å²) in [6, 6.07) is 9.81. The number of amidine groups is 1. The molecule has 1 fully saturated rings. The van der Waals surface area contributed by atoms with Crippen LogP contribution in [0, 0.1) is 12.8 Å².